The molecule has 0 spiro atoms. The van der Waals surface area contributed by atoms with Gasteiger partial charge in [0.25, 0.3) is 11.6 Å². The zero-order chi connectivity index (χ0) is 24.9. The molecule has 6 rings (SSSR count). The molecule has 4 fully saturated rings. The molecule has 2 aromatic rings. The van der Waals surface area contributed by atoms with E-state index < -0.39 is 40.2 Å². The lowest BCUT2D eigenvalue weighted by atomic mass is 9.53. The number of rotatable bonds is 8. The number of amides is 1. The average Bonchev–Trinajstić information content (AvgIpc) is 3.28. The third kappa shape index (κ3) is 4.16. The van der Waals surface area contributed by atoms with Crippen LogP contribution < -0.4 is 5.32 Å². The molecule has 0 aliphatic heterocycles. The van der Waals surface area contributed by atoms with Gasteiger partial charge >= 0.3 is 5.69 Å². The number of carbonyl (C=O) groups is 1. The van der Waals surface area contributed by atoms with Crippen LogP contribution in [0.5, 0.6) is 0 Å². The Hall–Kier alpha value is -3.38. The highest BCUT2D eigenvalue weighted by atomic mass is 16.6. The Kier molecular flexibility index (Phi) is 5.80. The Morgan fingerprint density at radius 3 is 2.14 bits per heavy atom. The van der Waals surface area contributed by atoms with E-state index in [1.165, 1.54) is 49.7 Å². The molecule has 2 atom stereocenters. The van der Waals surface area contributed by atoms with Gasteiger partial charge in [-0.3, -0.25) is 29.7 Å². The summed E-state index contributed by atoms with van der Waals surface area (Å²) in [5, 5.41) is 49.9. The Labute approximate surface area is 200 Å². The van der Waals surface area contributed by atoms with Gasteiger partial charge in [-0.2, -0.15) is 5.10 Å². The van der Waals surface area contributed by atoms with Gasteiger partial charge in [-0.25, -0.2) is 0 Å². The molecule has 186 valence electrons. The van der Waals surface area contributed by atoms with Gasteiger partial charge in [0.15, 0.2) is 0 Å². The van der Waals surface area contributed by atoms with Crippen molar-refractivity contribution in [3.63, 3.8) is 0 Å². The van der Waals surface area contributed by atoms with Gasteiger partial charge in [-0.05, 0) is 74.0 Å². The van der Waals surface area contributed by atoms with Crippen molar-refractivity contribution in [3.05, 3.63) is 61.9 Å². The van der Waals surface area contributed by atoms with Gasteiger partial charge in [0.1, 0.15) is 12.3 Å². The molecule has 12 heteroatoms. The second-order valence-corrected chi connectivity index (χ2v) is 10.3. The van der Waals surface area contributed by atoms with E-state index in [-0.39, 0.29) is 22.5 Å². The number of aromatic nitrogens is 2. The van der Waals surface area contributed by atoms with E-state index in [4.69, 9.17) is 0 Å². The molecule has 1 amide bonds. The van der Waals surface area contributed by atoms with E-state index >= 15 is 0 Å². The molecule has 2 unspecified atom stereocenters. The summed E-state index contributed by atoms with van der Waals surface area (Å²) in [6, 6.07) is 3.84. The van der Waals surface area contributed by atoms with Crippen LogP contribution >= 0.6 is 0 Å². The summed E-state index contributed by atoms with van der Waals surface area (Å²) >= 11 is 0. The quantitative estimate of drug-likeness (QED) is 0.377. The summed E-state index contributed by atoms with van der Waals surface area (Å²) in [6.07, 6.45) is 6.22. The minimum atomic E-state index is -1.39. The summed E-state index contributed by atoms with van der Waals surface area (Å²) in [6.45, 7) is -0.659. The number of aliphatic hydroxyl groups excluding tert-OH is 2. The lowest BCUT2D eigenvalue weighted by Gasteiger charge is -2.56. The molecular weight excluding hydrogens is 458 g/mol. The fourth-order valence-electron chi connectivity index (χ4n) is 6.74. The first-order chi connectivity index (χ1) is 16.7. The van der Waals surface area contributed by atoms with Crippen LogP contribution in [-0.2, 0) is 5.54 Å². The Bertz CT molecular complexity index is 1130. The van der Waals surface area contributed by atoms with E-state index in [2.05, 4.69) is 10.4 Å². The van der Waals surface area contributed by atoms with Crippen LogP contribution in [0.25, 0.3) is 0 Å². The van der Waals surface area contributed by atoms with Crippen LogP contribution in [0.15, 0.2) is 30.5 Å². The van der Waals surface area contributed by atoms with Crippen molar-refractivity contribution in [2.75, 3.05) is 6.61 Å². The first-order valence-electron chi connectivity index (χ1n) is 11.8. The number of benzene rings is 1. The van der Waals surface area contributed by atoms with E-state index in [9.17, 15) is 35.2 Å². The maximum absolute atomic E-state index is 13.1. The number of nitrogens with zero attached hydrogens (tertiary/aromatic N) is 4. The first-order valence-corrected chi connectivity index (χ1v) is 11.8. The minimum Gasteiger partial charge on any atom is -0.394 e. The van der Waals surface area contributed by atoms with Crippen molar-refractivity contribution in [1.29, 1.82) is 0 Å². The third-order valence-electron chi connectivity index (χ3n) is 7.94. The van der Waals surface area contributed by atoms with Gasteiger partial charge in [0, 0.05) is 12.1 Å². The second-order valence-electron chi connectivity index (χ2n) is 10.3. The van der Waals surface area contributed by atoms with Crippen LogP contribution in [0, 0.1) is 38.0 Å². The van der Waals surface area contributed by atoms with Crippen molar-refractivity contribution in [2.45, 2.75) is 56.2 Å². The highest BCUT2D eigenvalue weighted by molar-refractivity contribution is 5.96. The fourth-order valence-corrected chi connectivity index (χ4v) is 6.74. The van der Waals surface area contributed by atoms with E-state index in [1.807, 2.05) is 0 Å². The van der Waals surface area contributed by atoms with Crippen LogP contribution in [0.1, 0.15) is 60.7 Å². The molecule has 35 heavy (non-hydrogen) atoms. The number of nitro groups is 2. The second kappa shape index (κ2) is 8.68. The number of nitro benzene ring substituents is 1. The van der Waals surface area contributed by atoms with Gasteiger partial charge in [-0.15, -0.1) is 0 Å². The van der Waals surface area contributed by atoms with Crippen LogP contribution in [0.4, 0.5) is 11.4 Å². The Morgan fingerprint density at radius 1 is 1.09 bits per heavy atom. The monoisotopic (exact) mass is 485 g/mol. The molecule has 0 radical (unpaired) electrons. The number of carbonyl (C=O) groups excluding carboxylic acids is 1. The minimum absolute atomic E-state index is 0.170. The summed E-state index contributed by atoms with van der Waals surface area (Å²) < 4.78 is 1.63. The molecule has 4 bridgehead atoms. The first kappa shape index (κ1) is 23.4. The topological polar surface area (TPSA) is 174 Å². The normalized spacial score (nSPS) is 28.5. The van der Waals surface area contributed by atoms with E-state index in [0.29, 0.717) is 17.8 Å². The molecule has 4 saturated carbocycles. The van der Waals surface area contributed by atoms with Gasteiger partial charge < -0.3 is 15.5 Å². The molecule has 4 aliphatic rings. The number of non-ortho nitro benzene ring substituents is 1. The maximum Gasteiger partial charge on any atom is 0.320 e. The van der Waals surface area contributed by atoms with E-state index in [1.54, 1.807) is 4.68 Å². The van der Waals surface area contributed by atoms with Crippen LogP contribution in [0.2, 0.25) is 0 Å². The lowest BCUT2D eigenvalue weighted by molar-refractivity contribution is -0.385. The standard InChI is InChI=1S/C23H27N5O7/c29-12-18(21(30)16-1-3-17(4-2-16)27(32)33)24-22(31)20-19(28(34)35)11-26(25-20)23-8-13-5-14(9-23)7-15(6-13)10-23/h1-4,11,13-15,18,21,29-30H,5-10,12H2,(H,24,31). The Morgan fingerprint density at radius 2 is 1.66 bits per heavy atom. The molecule has 1 aromatic heterocycles. The highest BCUT2D eigenvalue weighted by Crippen LogP contribution is 2.58. The number of nitrogens with one attached hydrogen (secondary N) is 1. The predicted octanol–water partition coefficient (Wildman–Crippen LogP) is 2.45. The fraction of sp³-hybridized carbons (Fsp3) is 0.565. The zero-order valence-electron chi connectivity index (χ0n) is 18.9. The van der Waals surface area contributed by atoms with Crippen LogP contribution in [0.3, 0.4) is 0 Å². The summed E-state index contributed by atoms with van der Waals surface area (Å²) in [4.78, 5) is 34.5. The molecule has 1 aromatic carbocycles. The smallest absolute Gasteiger partial charge is 0.320 e. The Balaban J connectivity index is 1.38. The molecular formula is C23H27N5O7. The number of hydrogen-bond donors (Lipinski definition) is 3. The summed E-state index contributed by atoms with van der Waals surface area (Å²) in [7, 11) is 0. The van der Waals surface area contributed by atoms with Crippen molar-refractivity contribution in [3.8, 4) is 0 Å². The van der Waals surface area contributed by atoms with Gasteiger partial charge in [0.2, 0.25) is 5.69 Å². The third-order valence-corrected chi connectivity index (χ3v) is 7.94. The maximum atomic E-state index is 13.1. The average molecular weight is 485 g/mol. The van der Waals surface area contributed by atoms with E-state index in [0.717, 1.165) is 19.3 Å². The van der Waals surface area contributed by atoms with Crippen molar-refractivity contribution >= 4 is 17.3 Å². The largest absolute Gasteiger partial charge is 0.394 e. The van der Waals surface area contributed by atoms with Gasteiger partial charge in [0.05, 0.1) is 28.0 Å². The zero-order valence-corrected chi connectivity index (χ0v) is 18.9. The lowest BCUT2D eigenvalue weighted by Crippen LogP contribution is -2.52. The SMILES string of the molecule is O=C(NC(CO)C(O)c1ccc([N+](=O)[O-])cc1)c1nn(C23CC4CC(CC(C4)C2)C3)cc1[N+](=O)[O-]. The highest BCUT2D eigenvalue weighted by Gasteiger charge is 2.53. The van der Waals surface area contributed by atoms with Crippen molar-refractivity contribution < 1.29 is 24.9 Å². The van der Waals surface area contributed by atoms with Crippen molar-refractivity contribution in [1.82, 2.24) is 15.1 Å². The molecule has 12 nitrogen and oxygen atoms in total. The number of aliphatic hydroxyl groups is 2. The van der Waals surface area contributed by atoms with Gasteiger partial charge in [-0.1, -0.05) is 0 Å². The number of hydrogen-bond acceptors (Lipinski definition) is 8. The summed E-state index contributed by atoms with van der Waals surface area (Å²) in [5.74, 6) is 0.868. The molecule has 0 saturated heterocycles. The molecule has 1 heterocycles. The van der Waals surface area contributed by atoms with Crippen molar-refractivity contribution in [2.24, 2.45) is 17.8 Å². The molecule has 3 N–H and O–H groups in total. The molecule has 4 aliphatic carbocycles. The predicted molar refractivity (Wildman–Crippen MR) is 121 cm³/mol. The van der Waals surface area contributed by atoms with Crippen LogP contribution in [-0.4, -0.2) is 48.4 Å². The summed E-state index contributed by atoms with van der Waals surface area (Å²) in [5.41, 5.74) is -1.02.